The molecule has 3 nitrogen and oxygen atoms in total. The van der Waals surface area contributed by atoms with Gasteiger partial charge in [0.1, 0.15) is 0 Å². The van der Waals surface area contributed by atoms with Gasteiger partial charge in [0.15, 0.2) is 0 Å². The first-order chi connectivity index (χ1) is 7.97. The molecule has 0 fully saturated rings. The number of hydrogen-bond donors (Lipinski definition) is 2. The van der Waals surface area contributed by atoms with Crippen LogP contribution in [0, 0.1) is 5.92 Å². The molecule has 0 aliphatic carbocycles. The largest absolute Gasteiger partial charge is 0.387 e. The van der Waals surface area contributed by atoms with Crippen LogP contribution >= 0.6 is 0 Å². The average Bonchev–Trinajstić information content (AvgIpc) is 2.29. The van der Waals surface area contributed by atoms with Crippen molar-refractivity contribution in [3.8, 4) is 0 Å². The molecule has 0 saturated carbocycles. The second-order valence-corrected chi connectivity index (χ2v) is 4.99. The minimum atomic E-state index is -0.462. The summed E-state index contributed by atoms with van der Waals surface area (Å²) in [5.74, 6) is 0.392. The molecule has 0 radical (unpaired) electrons. The topological polar surface area (TPSA) is 35.5 Å². The first-order valence-corrected chi connectivity index (χ1v) is 6.10. The number of aliphatic hydroxyl groups is 1. The van der Waals surface area contributed by atoms with Crippen molar-refractivity contribution < 1.29 is 5.11 Å². The SMILES string of the molecule is CNC(C(C)C)C(O)c1ccc(N(C)C)cc1. The molecule has 0 amide bonds. The van der Waals surface area contributed by atoms with Gasteiger partial charge in [0.05, 0.1) is 6.10 Å². The first kappa shape index (κ1) is 14.0. The highest BCUT2D eigenvalue weighted by Crippen LogP contribution is 2.23. The van der Waals surface area contributed by atoms with E-state index in [2.05, 4.69) is 19.2 Å². The van der Waals surface area contributed by atoms with Crippen LogP contribution in [-0.4, -0.2) is 32.3 Å². The molecule has 1 rings (SSSR count). The average molecular weight is 236 g/mol. The fraction of sp³-hybridized carbons (Fsp3) is 0.571. The summed E-state index contributed by atoms with van der Waals surface area (Å²) in [4.78, 5) is 2.05. The molecule has 0 aromatic heterocycles. The maximum absolute atomic E-state index is 10.3. The fourth-order valence-corrected chi connectivity index (χ4v) is 2.03. The lowest BCUT2D eigenvalue weighted by atomic mass is 9.93. The fourth-order valence-electron chi connectivity index (χ4n) is 2.03. The standard InChI is InChI=1S/C14H24N2O/c1-10(2)13(15-3)14(17)11-6-8-12(9-7-11)16(4)5/h6-10,13-15,17H,1-5H3. The maximum Gasteiger partial charge on any atom is 0.0945 e. The van der Waals surface area contributed by atoms with E-state index in [1.807, 2.05) is 50.3 Å². The number of likely N-dealkylation sites (N-methyl/N-ethyl adjacent to an activating group) is 1. The van der Waals surface area contributed by atoms with Crippen molar-refractivity contribution in [1.82, 2.24) is 5.32 Å². The van der Waals surface area contributed by atoms with E-state index >= 15 is 0 Å². The smallest absolute Gasteiger partial charge is 0.0945 e. The van der Waals surface area contributed by atoms with Gasteiger partial charge in [0.25, 0.3) is 0 Å². The number of rotatable bonds is 5. The zero-order valence-corrected chi connectivity index (χ0v) is 11.4. The molecule has 1 aromatic carbocycles. The number of aliphatic hydroxyl groups excluding tert-OH is 1. The van der Waals surface area contributed by atoms with Crippen molar-refractivity contribution in [3.63, 3.8) is 0 Å². The van der Waals surface area contributed by atoms with E-state index in [9.17, 15) is 5.11 Å². The summed E-state index contributed by atoms with van der Waals surface area (Å²) in [5, 5.41) is 13.5. The van der Waals surface area contributed by atoms with Crippen LogP contribution in [-0.2, 0) is 0 Å². The lowest BCUT2D eigenvalue weighted by Gasteiger charge is -2.26. The Morgan fingerprint density at radius 1 is 1.12 bits per heavy atom. The van der Waals surface area contributed by atoms with E-state index < -0.39 is 6.10 Å². The van der Waals surface area contributed by atoms with Gasteiger partial charge in [-0.2, -0.15) is 0 Å². The minimum absolute atomic E-state index is 0.0835. The molecule has 17 heavy (non-hydrogen) atoms. The van der Waals surface area contributed by atoms with Gasteiger partial charge >= 0.3 is 0 Å². The second kappa shape index (κ2) is 6.03. The molecular formula is C14H24N2O. The van der Waals surface area contributed by atoms with Gasteiger partial charge in [0, 0.05) is 25.8 Å². The molecule has 0 aliphatic rings. The van der Waals surface area contributed by atoms with E-state index in [-0.39, 0.29) is 6.04 Å². The zero-order chi connectivity index (χ0) is 13.0. The van der Waals surface area contributed by atoms with Gasteiger partial charge in [-0.05, 0) is 30.7 Å². The quantitative estimate of drug-likeness (QED) is 0.821. The minimum Gasteiger partial charge on any atom is -0.387 e. The molecule has 2 N–H and O–H groups in total. The van der Waals surface area contributed by atoms with E-state index in [4.69, 9.17) is 0 Å². The van der Waals surface area contributed by atoms with Crippen LogP contribution in [0.4, 0.5) is 5.69 Å². The van der Waals surface area contributed by atoms with Crippen molar-refractivity contribution in [1.29, 1.82) is 0 Å². The number of nitrogens with one attached hydrogen (secondary N) is 1. The summed E-state index contributed by atoms with van der Waals surface area (Å²) in [7, 11) is 5.91. The zero-order valence-electron chi connectivity index (χ0n) is 11.4. The Labute approximate surface area is 104 Å². The molecule has 1 aromatic rings. The molecule has 2 atom stereocenters. The second-order valence-electron chi connectivity index (χ2n) is 4.99. The van der Waals surface area contributed by atoms with Crippen LogP contribution in [0.15, 0.2) is 24.3 Å². The number of nitrogens with zero attached hydrogens (tertiary/aromatic N) is 1. The van der Waals surface area contributed by atoms with Crippen LogP contribution in [0.25, 0.3) is 0 Å². The van der Waals surface area contributed by atoms with Crippen molar-refractivity contribution >= 4 is 5.69 Å². The van der Waals surface area contributed by atoms with Gasteiger partial charge < -0.3 is 15.3 Å². The highest BCUT2D eigenvalue weighted by molar-refractivity contribution is 5.46. The Morgan fingerprint density at radius 2 is 1.65 bits per heavy atom. The summed E-state index contributed by atoms with van der Waals surface area (Å²) < 4.78 is 0. The van der Waals surface area contributed by atoms with Crippen molar-refractivity contribution in [2.24, 2.45) is 5.92 Å². The summed E-state index contributed by atoms with van der Waals surface area (Å²) in [6, 6.07) is 8.14. The third kappa shape index (κ3) is 3.45. The van der Waals surface area contributed by atoms with Crippen molar-refractivity contribution in [2.45, 2.75) is 26.0 Å². The highest BCUT2D eigenvalue weighted by Gasteiger charge is 2.22. The molecule has 0 bridgehead atoms. The maximum atomic E-state index is 10.3. The number of benzene rings is 1. The van der Waals surface area contributed by atoms with Crippen molar-refractivity contribution in [2.75, 3.05) is 26.0 Å². The summed E-state index contributed by atoms with van der Waals surface area (Å²) in [5.41, 5.74) is 2.11. The van der Waals surface area contributed by atoms with E-state index in [0.29, 0.717) is 5.92 Å². The Bertz CT molecular complexity index is 333. The molecule has 0 aliphatic heterocycles. The third-order valence-corrected chi connectivity index (χ3v) is 3.14. The molecule has 0 spiro atoms. The molecule has 0 saturated heterocycles. The number of anilines is 1. The van der Waals surface area contributed by atoms with Crippen LogP contribution in [0.3, 0.4) is 0 Å². The van der Waals surface area contributed by atoms with Crippen LogP contribution < -0.4 is 10.2 Å². The third-order valence-electron chi connectivity index (χ3n) is 3.14. The first-order valence-electron chi connectivity index (χ1n) is 6.10. The van der Waals surface area contributed by atoms with Crippen LogP contribution in [0.5, 0.6) is 0 Å². The lowest BCUT2D eigenvalue weighted by molar-refractivity contribution is 0.110. The Morgan fingerprint density at radius 3 is 2.00 bits per heavy atom. The highest BCUT2D eigenvalue weighted by atomic mass is 16.3. The predicted octanol–water partition coefficient (Wildman–Crippen LogP) is 2.03. The lowest BCUT2D eigenvalue weighted by Crippen LogP contribution is -2.36. The van der Waals surface area contributed by atoms with Crippen LogP contribution in [0.2, 0.25) is 0 Å². The van der Waals surface area contributed by atoms with Gasteiger partial charge in [-0.15, -0.1) is 0 Å². The van der Waals surface area contributed by atoms with Gasteiger partial charge in [0.2, 0.25) is 0 Å². The van der Waals surface area contributed by atoms with Crippen molar-refractivity contribution in [3.05, 3.63) is 29.8 Å². The Kier molecular flexibility index (Phi) is 4.97. The predicted molar refractivity (Wildman–Crippen MR) is 73.4 cm³/mol. The monoisotopic (exact) mass is 236 g/mol. The molecular weight excluding hydrogens is 212 g/mol. The Hall–Kier alpha value is -1.06. The Balaban J connectivity index is 2.85. The molecule has 96 valence electrons. The molecule has 2 unspecified atom stereocenters. The summed E-state index contributed by atoms with van der Waals surface area (Å²) in [6.07, 6.45) is -0.462. The van der Waals surface area contributed by atoms with E-state index in [1.54, 1.807) is 0 Å². The van der Waals surface area contributed by atoms with Gasteiger partial charge in [-0.1, -0.05) is 26.0 Å². The van der Waals surface area contributed by atoms with Crippen LogP contribution in [0.1, 0.15) is 25.5 Å². The molecule has 0 heterocycles. The summed E-state index contributed by atoms with van der Waals surface area (Å²) in [6.45, 7) is 4.22. The number of hydrogen-bond acceptors (Lipinski definition) is 3. The molecule has 3 heteroatoms. The van der Waals surface area contributed by atoms with E-state index in [0.717, 1.165) is 11.3 Å². The normalized spacial score (nSPS) is 14.8. The van der Waals surface area contributed by atoms with Gasteiger partial charge in [-0.3, -0.25) is 0 Å². The van der Waals surface area contributed by atoms with E-state index in [1.165, 1.54) is 0 Å². The van der Waals surface area contributed by atoms with Gasteiger partial charge in [-0.25, -0.2) is 0 Å². The summed E-state index contributed by atoms with van der Waals surface area (Å²) >= 11 is 0.